The number of aromatic carboxylic acids is 1. The molecular weight excluding hydrogens is 264 g/mol. The van der Waals surface area contributed by atoms with Crippen molar-refractivity contribution in [2.24, 2.45) is 0 Å². The Labute approximate surface area is 125 Å². The molecule has 0 fully saturated rings. The van der Waals surface area contributed by atoms with Gasteiger partial charge in [0.1, 0.15) is 5.82 Å². The van der Waals surface area contributed by atoms with Crippen LogP contribution in [0.5, 0.6) is 0 Å². The zero-order valence-electron chi connectivity index (χ0n) is 12.6. The van der Waals surface area contributed by atoms with E-state index in [0.717, 1.165) is 5.69 Å². The Morgan fingerprint density at radius 3 is 2.67 bits per heavy atom. The van der Waals surface area contributed by atoms with Gasteiger partial charge in [-0.15, -0.1) is 0 Å². The second-order valence-corrected chi connectivity index (χ2v) is 5.21. The Balaban J connectivity index is 2.27. The molecule has 2 aromatic rings. The molecule has 0 radical (unpaired) electrons. The van der Waals surface area contributed by atoms with E-state index in [9.17, 15) is 9.90 Å². The summed E-state index contributed by atoms with van der Waals surface area (Å²) in [6, 6.07) is 11.5. The van der Waals surface area contributed by atoms with Gasteiger partial charge < -0.3 is 10.0 Å². The van der Waals surface area contributed by atoms with Gasteiger partial charge in [-0.25, -0.2) is 9.78 Å². The zero-order chi connectivity index (χ0) is 15.4. The smallest absolute Gasteiger partial charge is 0.335 e. The first-order chi connectivity index (χ1) is 9.99. The predicted molar refractivity (Wildman–Crippen MR) is 83.9 cm³/mol. The average Bonchev–Trinajstić information content (AvgIpc) is 2.46. The third-order valence-corrected chi connectivity index (χ3v) is 3.37. The van der Waals surface area contributed by atoms with E-state index in [0.29, 0.717) is 18.8 Å². The molecule has 1 aromatic heterocycles. The Bertz CT molecular complexity index is 653. The highest BCUT2D eigenvalue weighted by atomic mass is 16.4. The standard InChI is InChI=1S/C17H20N2O2/c1-4-15-9-14(17(20)21)10-16(18-15)19(3)11-13-7-5-6-12(2)8-13/h5-10H,4,11H2,1-3H3,(H,20,21). The average molecular weight is 284 g/mol. The maximum atomic E-state index is 11.2. The summed E-state index contributed by atoms with van der Waals surface area (Å²) >= 11 is 0. The van der Waals surface area contributed by atoms with Crippen molar-refractivity contribution < 1.29 is 9.90 Å². The Morgan fingerprint density at radius 1 is 1.29 bits per heavy atom. The lowest BCUT2D eigenvalue weighted by atomic mass is 10.1. The van der Waals surface area contributed by atoms with E-state index in [1.807, 2.05) is 24.9 Å². The molecule has 1 aromatic carbocycles. The number of anilines is 1. The van der Waals surface area contributed by atoms with Gasteiger partial charge in [-0.1, -0.05) is 36.8 Å². The van der Waals surface area contributed by atoms with Gasteiger partial charge in [-0.3, -0.25) is 0 Å². The van der Waals surface area contributed by atoms with E-state index < -0.39 is 5.97 Å². The summed E-state index contributed by atoms with van der Waals surface area (Å²) in [6.07, 6.45) is 0.715. The minimum atomic E-state index is -0.919. The van der Waals surface area contributed by atoms with Crippen LogP contribution < -0.4 is 4.90 Å². The lowest BCUT2D eigenvalue weighted by molar-refractivity contribution is 0.0696. The predicted octanol–water partition coefficient (Wildman–Crippen LogP) is 3.29. The number of carboxylic acid groups (broad SMARTS) is 1. The van der Waals surface area contributed by atoms with Crippen molar-refractivity contribution >= 4 is 11.8 Å². The van der Waals surface area contributed by atoms with Gasteiger partial charge in [-0.2, -0.15) is 0 Å². The van der Waals surface area contributed by atoms with Crippen LogP contribution in [-0.4, -0.2) is 23.1 Å². The van der Waals surface area contributed by atoms with Crippen molar-refractivity contribution in [1.82, 2.24) is 4.98 Å². The highest BCUT2D eigenvalue weighted by molar-refractivity contribution is 5.88. The van der Waals surface area contributed by atoms with Crippen LogP contribution in [0.1, 0.15) is 34.1 Å². The Morgan fingerprint density at radius 2 is 2.05 bits per heavy atom. The summed E-state index contributed by atoms with van der Waals surface area (Å²) in [6.45, 7) is 4.72. The van der Waals surface area contributed by atoms with E-state index in [1.165, 1.54) is 11.1 Å². The van der Waals surface area contributed by atoms with Crippen molar-refractivity contribution in [3.8, 4) is 0 Å². The normalized spacial score (nSPS) is 10.4. The monoisotopic (exact) mass is 284 g/mol. The van der Waals surface area contributed by atoms with E-state index in [4.69, 9.17) is 0 Å². The maximum Gasteiger partial charge on any atom is 0.335 e. The fourth-order valence-electron chi connectivity index (χ4n) is 2.24. The number of hydrogen-bond acceptors (Lipinski definition) is 3. The summed E-state index contributed by atoms with van der Waals surface area (Å²) in [7, 11) is 1.93. The van der Waals surface area contributed by atoms with Crippen LogP contribution in [0, 0.1) is 6.92 Å². The molecule has 110 valence electrons. The number of carboxylic acids is 1. The molecule has 0 atom stereocenters. The molecule has 0 saturated heterocycles. The van der Waals surface area contributed by atoms with Crippen LogP contribution in [0.15, 0.2) is 36.4 Å². The van der Waals surface area contributed by atoms with E-state index >= 15 is 0 Å². The molecule has 0 aliphatic rings. The van der Waals surface area contributed by atoms with Gasteiger partial charge in [0.05, 0.1) is 5.56 Å². The summed E-state index contributed by atoms with van der Waals surface area (Å²) in [5.41, 5.74) is 3.47. The zero-order valence-corrected chi connectivity index (χ0v) is 12.6. The molecule has 0 saturated carbocycles. The van der Waals surface area contributed by atoms with Gasteiger partial charge >= 0.3 is 5.97 Å². The minimum absolute atomic E-state index is 0.285. The summed E-state index contributed by atoms with van der Waals surface area (Å²) in [5.74, 6) is -0.231. The molecule has 0 bridgehead atoms. The largest absolute Gasteiger partial charge is 0.478 e. The molecule has 0 amide bonds. The van der Waals surface area contributed by atoms with Gasteiger partial charge in [-0.05, 0) is 31.0 Å². The molecule has 0 aliphatic carbocycles. The molecule has 4 heteroatoms. The lowest BCUT2D eigenvalue weighted by Gasteiger charge is -2.19. The summed E-state index contributed by atoms with van der Waals surface area (Å²) in [4.78, 5) is 17.7. The lowest BCUT2D eigenvalue weighted by Crippen LogP contribution is -2.19. The van der Waals surface area contributed by atoms with E-state index in [-0.39, 0.29) is 5.56 Å². The maximum absolute atomic E-state index is 11.2. The van der Waals surface area contributed by atoms with E-state index in [1.54, 1.807) is 12.1 Å². The number of aromatic nitrogens is 1. The van der Waals surface area contributed by atoms with Crippen LogP contribution >= 0.6 is 0 Å². The first kappa shape index (κ1) is 15.0. The second-order valence-electron chi connectivity index (χ2n) is 5.21. The van der Waals surface area contributed by atoms with Crippen molar-refractivity contribution in [2.45, 2.75) is 26.8 Å². The Kier molecular flexibility index (Phi) is 4.58. The van der Waals surface area contributed by atoms with Gasteiger partial charge in [0, 0.05) is 19.3 Å². The molecule has 1 heterocycles. The molecule has 4 nitrogen and oxygen atoms in total. The topological polar surface area (TPSA) is 53.4 Å². The van der Waals surface area contributed by atoms with Crippen LogP contribution in [0.2, 0.25) is 0 Å². The van der Waals surface area contributed by atoms with Gasteiger partial charge in [0.2, 0.25) is 0 Å². The molecular formula is C17H20N2O2. The van der Waals surface area contributed by atoms with Crippen molar-refractivity contribution in [1.29, 1.82) is 0 Å². The fraction of sp³-hybridized carbons (Fsp3) is 0.294. The minimum Gasteiger partial charge on any atom is -0.478 e. The van der Waals surface area contributed by atoms with Crippen LogP contribution in [-0.2, 0) is 13.0 Å². The highest BCUT2D eigenvalue weighted by Crippen LogP contribution is 2.17. The van der Waals surface area contributed by atoms with Crippen molar-refractivity contribution in [3.05, 3.63) is 58.8 Å². The highest BCUT2D eigenvalue weighted by Gasteiger charge is 2.11. The number of hydrogen-bond donors (Lipinski definition) is 1. The molecule has 0 aliphatic heterocycles. The number of rotatable bonds is 5. The SMILES string of the molecule is CCc1cc(C(=O)O)cc(N(C)Cc2cccc(C)c2)n1. The molecule has 2 rings (SSSR count). The third kappa shape index (κ3) is 3.81. The molecule has 0 unspecified atom stereocenters. The fourth-order valence-corrected chi connectivity index (χ4v) is 2.24. The number of carbonyl (C=O) groups is 1. The molecule has 21 heavy (non-hydrogen) atoms. The van der Waals surface area contributed by atoms with Crippen LogP contribution in [0.25, 0.3) is 0 Å². The molecule has 0 spiro atoms. The van der Waals surface area contributed by atoms with Gasteiger partial charge in [0.25, 0.3) is 0 Å². The van der Waals surface area contributed by atoms with Crippen molar-refractivity contribution in [2.75, 3.05) is 11.9 Å². The van der Waals surface area contributed by atoms with Gasteiger partial charge in [0.15, 0.2) is 0 Å². The van der Waals surface area contributed by atoms with Crippen LogP contribution in [0.4, 0.5) is 5.82 Å². The first-order valence-electron chi connectivity index (χ1n) is 7.00. The number of nitrogens with zero attached hydrogens (tertiary/aromatic N) is 2. The van der Waals surface area contributed by atoms with Crippen molar-refractivity contribution in [3.63, 3.8) is 0 Å². The third-order valence-electron chi connectivity index (χ3n) is 3.37. The second kappa shape index (κ2) is 6.39. The van der Waals surface area contributed by atoms with E-state index in [2.05, 4.69) is 30.1 Å². The number of benzene rings is 1. The molecule has 1 N–H and O–H groups in total. The first-order valence-corrected chi connectivity index (χ1v) is 7.00. The summed E-state index contributed by atoms with van der Waals surface area (Å²) in [5, 5.41) is 9.19. The number of pyridine rings is 1. The summed E-state index contributed by atoms with van der Waals surface area (Å²) < 4.78 is 0. The van der Waals surface area contributed by atoms with Crippen LogP contribution in [0.3, 0.4) is 0 Å². The Hall–Kier alpha value is -2.36. The quantitative estimate of drug-likeness (QED) is 0.915. The number of aryl methyl sites for hydroxylation is 2.